The number of ether oxygens (including phenoxy) is 2. The van der Waals surface area contributed by atoms with E-state index < -0.39 is 0 Å². The first-order chi connectivity index (χ1) is 13.2. The monoisotopic (exact) mass is 384 g/mol. The molecule has 2 atom stereocenters. The smallest absolute Gasteiger partial charge is 0.292 e. The fraction of sp³-hybridized carbons (Fsp3) is 0.545. The molecule has 0 spiro atoms. The number of carbonyl (C=O) groups excluding carboxylic acids is 1. The van der Waals surface area contributed by atoms with Crippen LogP contribution in [0.25, 0.3) is 11.3 Å². The van der Waals surface area contributed by atoms with Gasteiger partial charge in [0.05, 0.1) is 14.2 Å². The summed E-state index contributed by atoms with van der Waals surface area (Å²) in [5.41, 5.74) is 1.87. The minimum atomic E-state index is -0.0642. The summed E-state index contributed by atoms with van der Waals surface area (Å²) in [5.74, 6) is 1.48. The summed E-state index contributed by atoms with van der Waals surface area (Å²) in [5, 5.41) is 4.12. The van der Waals surface area contributed by atoms with Crippen molar-refractivity contribution < 1.29 is 18.8 Å². The van der Waals surface area contributed by atoms with E-state index in [1.807, 2.05) is 23.1 Å². The number of amides is 1. The van der Waals surface area contributed by atoms with Crippen molar-refractivity contribution in [2.75, 3.05) is 20.8 Å². The highest BCUT2D eigenvalue weighted by Crippen LogP contribution is 2.52. The first-order valence-corrected chi connectivity index (χ1v) is 9.74. The number of likely N-dealkylation sites (tertiary alicyclic amines) is 1. The molecule has 28 heavy (non-hydrogen) atoms. The maximum Gasteiger partial charge on any atom is 0.292 e. The van der Waals surface area contributed by atoms with Crippen molar-refractivity contribution in [3.8, 4) is 22.8 Å². The van der Waals surface area contributed by atoms with Crippen molar-refractivity contribution in [1.29, 1.82) is 0 Å². The Hall–Kier alpha value is -2.50. The lowest BCUT2D eigenvalue weighted by Gasteiger charge is -2.39. The van der Waals surface area contributed by atoms with E-state index in [9.17, 15) is 4.79 Å². The van der Waals surface area contributed by atoms with Crippen molar-refractivity contribution in [2.24, 2.45) is 10.8 Å². The molecule has 6 heteroatoms. The van der Waals surface area contributed by atoms with Gasteiger partial charge in [0.15, 0.2) is 11.5 Å². The molecule has 2 unspecified atom stereocenters. The summed E-state index contributed by atoms with van der Waals surface area (Å²) in [4.78, 5) is 15.2. The van der Waals surface area contributed by atoms with E-state index in [1.54, 1.807) is 20.3 Å². The Bertz CT molecular complexity index is 904. The lowest BCUT2D eigenvalue weighted by atomic mass is 9.65. The second-order valence-corrected chi connectivity index (χ2v) is 9.29. The molecule has 0 radical (unpaired) electrons. The van der Waals surface area contributed by atoms with Gasteiger partial charge >= 0.3 is 0 Å². The molecular weight excluding hydrogens is 356 g/mol. The highest BCUT2D eigenvalue weighted by molar-refractivity contribution is 5.93. The molecule has 1 aromatic heterocycles. The van der Waals surface area contributed by atoms with Crippen LogP contribution in [0.2, 0.25) is 0 Å². The van der Waals surface area contributed by atoms with E-state index >= 15 is 0 Å². The number of benzene rings is 1. The SMILES string of the molecule is COc1ccc(-c2cc(C(=O)N3CC4(C)CC3CC(C)(C)C4)on2)cc1OC. The molecule has 2 aromatic rings. The van der Waals surface area contributed by atoms with E-state index in [-0.39, 0.29) is 22.8 Å². The largest absolute Gasteiger partial charge is 0.493 e. The zero-order valence-corrected chi connectivity index (χ0v) is 17.2. The summed E-state index contributed by atoms with van der Waals surface area (Å²) in [6.07, 6.45) is 3.25. The van der Waals surface area contributed by atoms with Crippen LogP contribution in [0, 0.1) is 10.8 Å². The van der Waals surface area contributed by atoms with Gasteiger partial charge in [-0.25, -0.2) is 0 Å². The zero-order valence-electron chi connectivity index (χ0n) is 17.2. The highest BCUT2D eigenvalue weighted by Gasteiger charge is 2.51. The van der Waals surface area contributed by atoms with Gasteiger partial charge in [0.2, 0.25) is 5.76 Å². The molecular formula is C22H28N2O4. The Kier molecular flexibility index (Phi) is 4.40. The van der Waals surface area contributed by atoms with Gasteiger partial charge in [-0.1, -0.05) is 25.9 Å². The van der Waals surface area contributed by atoms with Gasteiger partial charge in [0, 0.05) is 24.2 Å². The predicted molar refractivity (Wildman–Crippen MR) is 106 cm³/mol. The van der Waals surface area contributed by atoms with Gasteiger partial charge in [-0.3, -0.25) is 4.79 Å². The topological polar surface area (TPSA) is 64.8 Å². The molecule has 1 saturated carbocycles. The van der Waals surface area contributed by atoms with Crippen molar-refractivity contribution in [3.05, 3.63) is 30.0 Å². The highest BCUT2D eigenvalue weighted by atomic mass is 16.5. The number of carbonyl (C=O) groups is 1. The lowest BCUT2D eigenvalue weighted by Crippen LogP contribution is -2.37. The molecule has 0 N–H and O–H groups in total. The van der Waals surface area contributed by atoms with Crippen LogP contribution in [0.3, 0.4) is 0 Å². The Labute approximate surface area is 165 Å². The van der Waals surface area contributed by atoms with Gasteiger partial charge in [0.25, 0.3) is 5.91 Å². The lowest BCUT2D eigenvalue weighted by molar-refractivity contribution is 0.0667. The number of methoxy groups -OCH3 is 2. The fourth-order valence-electron chi connectivity index (χ4n) is 5.35. The van der Waals surface area contributed by atoms with E-state index in [2.05, 4.69) is 25.9 Å². The summed E-state index contributed by atoms with van der Waals surface area (Å²) < 4.78 is 16.1. The normalized spacial score (nSPS) is 25.6. The summed E-state index contributed by atoms with van der Waals surface area (Å²) in [6, 6.07) is 7.52. The average Bonchev–Trinajstić information content (AvgIpc) is 3.22. The predicted octanol–water partition coefficient (Wildman–Crippen LogP) is 4.40. The molecule has 1 aromatic carbocycles. The van der Waals surface area contributed by atoms with Crippen molar-refractivity contribution >= 4 is 5.91 Å². The van der Waals surface area contributed by atoms with E-state index in [0.29, 0.717) is 23.0 Å². The minimum absolute atomic E-state index is 0.0642. The van der Waals surface area contributed by atoms with E-state index in [0.717, 1.165) is 31.4 Å². The molecule has 150 valence electrons. The van der Waals surface area contributed by atoms with Gasteiger partial charge in [-0.2, -0.15) is 0 Å². The van der Waals surface area contributed by atoms with Crippen molar-refractivity contribution in [1.82, 2.24) is 10.1 Å². The van der Waals surface area contributed by atoms with Crippen LogP contribution in [0.5, 0.6) is 11.5 Å². The molecule has 2 bridgehead atoms. The maximum absolute atomic E-state index is 13.2. The third-order valence-electron chi connectivity index (χ3n) is 6.08. The molecule has 2 heterocycles. The molecule has 2 fully saturated rings. The van der Waals surface area contributed by atoms with Crippen LogP contribution >= 0.6 is 0 Å². The minimum Gasteiger partial charge on any atom is -0.493 e. The number of rotatable bonds is 4. The Morgan fingerprint density at radius 1 is 1.14 bits per heavy atom. The van der Waals surface area contributed by atoms with Crippen LogP contribution in [-0.2, 0) is 0 Å². The van der Waals surface area contributed by atoms with Gasteiger partial charge < -0.3 is 18.9 Å². The molecule has 1 amide bonds. The number of hydrogen-bond donors (Lipinski definition) is 0. The van der Waals surface area contributed by atoms with Crippen molar-refractivity contribution in [2.45, 2.75) is 46.1 Å². The summed E-state index contributed by atoms with van der Waals surface area (Å²) in [7, 11) is 3.19. The fourth-order valence-corrected chi connectivity index (χ4v) is 5.35. The van der Waals surface area contributed by atoms with Crippen LogP contribution < -0.4 is 9.47 Å². The molecule has 6 nitrogen and oxygen atoms in total. The van der Waals surface area contributed by atoms with Crippen LogP contribution in [-0.4, -0.2) is 42.8 Å². The Morgan fingerprint density at radius 3 is 2.61 bits per heavy atom. The Balaban J connectivity index is 1.57. The van der Waals surface area contributed by atoms with Crippen molar-refractivity contribution in [3.63, 3.8) is 0 Å². The number of hydrogen-bond acceptors (Lipinski definition) is 5. The zero-order chi connectivity index (χ0) is 20.1. The second kappa shape index (κ2) is 6.54. The van der Waals surface area contributed by atoms with Crippen LogP contribution in [0.4, 0.5) is 0 Å². The first kappa shape index (κ1) is 18.8. The number of nitrogens with zero attached hydrogens (tertiary/aromatic N) is 2. The van der Waals surface area contributed by atoms with Gasteiger partial charge in [0.1, 0.15) is 5.69 Å². The standard InChI is InChI=1S/C22H28N2O4/c1-21(2)10-15-11-22(3,12-21)13-24(15)20(25)19-9-16(23-28-19)14-6-7-17(26-4)18(8-14)27-5/h6-9,15H,10-13H2,1-5H3. The summed E-state index contributed by atoms with van der Waals surface area (Å²) >= 11 is 0. The summed E-state index contributed by atoms with van der Waals surface area (Å²) in [6.45, 7) is 7.68. The van der Waals surface area contributed by atoms with Gasteiger partial charge in [-0.15, -0.1) is 0 Å². The van der Waals surface area contributed by atoms with Crippen LogP contribution in [0.15, 0.2) is 28.8 Å². The molecule has 4 rings (SSSR count). The third-order valence-corrected chi connectivity index (χ3v) is 6.08. The number of fused-ring (bicyclic) bond motifs is 2. The first-order valence-electron chi connectivity index (χ1n) is 9.74. The Morgan fingerprint density at radius 2 is 1.89 bits per heavy atom. The quantitative estimate of drug-likeness (QED) is 0.782. The molecule has 1 aliphatic heterocycles. The number of aromatic nitrogens is 1. The molecule has 1 saturated heterocycles. The maximum atomic E-state index is 13.2. The van der Waals surface area contributed by atoms with E-state index in [1.165, 1.54) is 0 Å². The van der Waals surface area contributed by atoms with Crippen LogP contribution in [0.1, 0.15) is 50.6 Å². The van der Waals surface area contributed by atoms with Gasteiger partial charge in [-0.05, 0) is 48.3 Å². The van der Waals surface area contributed by atoms with E-state index in [4.69, 9.17) is 14.0 Å². The average molecular weight is 384 g/mol. The third kappa shape index (κ3) is 3.25. The second-order valence-electron chi connectivity index (χ2n) is 9.29. The molecule has 1 aliphatic carbocycles. The molecule has 2 aliphatic rings.